The van der Waals surface area contributed by atoms with E-state index in [9.17, 15) is 4.79 Å². The lowest BCUT2D eigenvalue weighted by molar-refractivity contribution is 0.0691. The SMILES string of the molecule is CC1CCN(C(=O)c2cnc(NCCC3=CCCCC3)cn2)CC1. The van der Waals surface area contributed by atoms with Crippen molar-refractivity contribution in [2.24, 2.45) is 5.92 Å². The number of amides is 1. The fourth-order valence-electron chi connectivity index (χ4n) is 3.39. The van der Waals surface area contributed by atoms with Gasteiger partial charge in [-0.05, 0) is 50.9 Å². The maximum absolute atomic E-state index is 12.4. The molecule has 5 nitrogen and oxygen atoms in total. The molecular formula is C19H28N4O. The lowest BCUT2D eigenvalue weighted by atomic mass is 9.97. The Balaban J connectivity index is 1.47. The van der Waals surface area contributed by atoms with Gasteiger partial charge < -0.3 is 10.2 Å². The molecule has 130 valence electrons. The van der Waals surface area contributed by atoms with Crippen molar-refractivity contribution in [2.45, 2.75) is 51.9 Å². The first kappa shape index (κ1) is 16.9. The molecule has 1 aliphatic carbocycles. The van der Waals surface area contributed by atoms with Crippen molar-refractivity contribution in [3.8, 4) is 0 Å². The van der Waals surface area contributed by atoms with Gasteiger partial charge in [-0.15, -0.1) is 0 Å². The van der Waals surface area contributed by atoms with Crippen LogP contribution >= 0.6 is 0 Å². The maximum Gasteiger partial charge on any atom is 0.274 e. The number of carbonyl (C=O) groups is 1. The van der Waals surface area contributed by atoms with Gasteiger partial charge in [0.2, 0.25) is 0 Å². The molecule has 0 unspecified atom stereocenters. The Morgan fingerprint density at radius 2 is 2.08 bits per heavy atom. The van der Waals surface area contributed by atoms with Crippen LogP contribution in [0.4, 0.5) is 5.82 Å². The summed E-state index contributed by atoms with van der Waals surface area (Å²) in [4.78, 5) is 23.0. The summed E-state index contributed by atoms with van der Waals surface area (Å²) < 4.78 is 0. The molecule has 1 saturated heterocycles. The third-order valence-electron chi connectivity index (χ3n) is 5.08. The zero-order valence-electron chi connectivity index (χ0n) is 14.6. The molecular weight excluding hydrogens is 300 g/mol. The highest BCUT2D eigenvalue weighted by Crippen LogP contribution is 2.20. The predicted molar refractivity (Wildman–Crippen MR) is 96.0 cm³/mol. The number of aromatic nitrogens is 2. The van der Waals surface area contributed by atoms with E-state index >= 15 is 0 Å². The quantitative estimate of drug-likeness (QED) is 0.838. The van der Waals surface area contributed by atoms with E-state index in [-0.39, 0.29) is 5.91 Å². The van der Waals surface area contributed by atoms with Gasteiger partial charge in [0.05, 0.1) is 12.4 Å². The summed E-state index contributed by atoms with van der Waals surface area (Å²) in [5.74, 6) is 1.47. The van der Waals surface area contributed by atoms with Gasteiger partial charge in [-0.3, -0.25) is 4.79 Å². The average molecular weight is 328 g/mol. The molecule has 0 atom stereocenters. The van der Waals surface area contributed by atoms with Crippen LogP contribution in [0.15, 0.2) is 24.0 Å². The van der Waals surface area contributed by atoms with Gasteiger partial charge in [0, 0.05) is 19.6 Å². The molecule has 24 heavy (non-hydrogen) atoms. The zero-order chi connectivity index (χ0) is 16.8. The van der Waals surface area contributed by atoms with E-state index in [2.05, 4.69) is 28.3 Å². The highest BCUT2D eigenvalue weighted by Gasteiger charge is 2.22. The first-order valence-electron chi connectivity index (χ1n) is 9.25. The van der Waals surface area contributed by atoms with Crippen LogP contribution in [0.1, 0.15) is 62.4 Å². The smallest absolute Gasteiger partial charge is 0.274 e. The van der Waals surface area contributed by atoms with Crippen molar-refractivity contribution in [1.29, 1.82) is 0 Å². The lowest BCUT2D eigenvalue weighted by Gasteiger charge is -2.29. The third kappa shape index (κ3) is 4.56. The van der Waals surface area contributed by atoms with Crippen molar-refractivity contribution < 1.29 is 4.79 Å². The number of allylic oxidation sites excluding steroid dienone is 1. The first-order valence-corrected chi connectivity index (χ1v) is 9.25. The number of hydrogen-bond acceptors (Lipinski definition) is 4. The number of anilines is 1. The summed E-state index contributed by atoms with van der Waals surface area (Å²) in [6.45, 7) is 4.77. The molecule has 0 spiro atoms. The molecule has 2 heterocycles. The number of nitrogens with zero attached hydrogens (tertiary/aromatic N) is 3. The Kier molecular flexibility index (Phi) is 5.83. The number of likely N-dealkylation sites (tertiary alicyclic amines) is 1. The molecule has 0 radical (unpaired) electrons. The van der Waals surface area contributed by atoms with Gasteiger partial charge in [0.25, 0.3) is 5.91 Å². The Morgan fingerprint density at radius 1 is 1.25 bits per heavy atom. The van der Waals surface area contributed by atoms with E-state index < -0.39 is 0 Å². The molecule has 1 amide bonds. The zero-order valence-corrected chi connectivity index (χ0v) is 14.6. The first-order chi connectivity index (χ1) is 11.7. The standard InChI is InChI=1S/C19H28N4O/c1-15-8-11-23(12-9-15)19(24)17-13-22-18(14-21-17)20-10-7-16-5-3-2-4-6-16/h5,13-15H,2-4,6-12H2,1H3,(H,20,22). The number of piperidine rings is 1. The van der Waals surface area contributed by atoms with Crippen LogP contribution in [-0.2, 0) is 0 Å². The van der Waals surface area contributed by atoms with Crippen LogP contribution in [0.3, 0.4) is 0 Å². The fraction of sp³-hybridized carbons (Fsp3) is 0.632. The van der Waals surface area contributed by atoms with Gasteiger partial charge in [0.15, 0.2) is 0 Å². The Morgan fingerprint density at radius 3 is 2.75 bits per heavy atom. The molecule has 1 aromatic heterocycles. The van der Waals surface area contributed by atoms with Gasteiger partial charge >= 0.3 is 0 Å². The summed E-state index contributed by atoms with van der Waals surface area (Å²) in [5.41, 5.74) is 2.00. The van der Waals surface area contributed by atoms with Gasteiger partial charge in [0.1, 0.15) is 11.5 Å². The van der Waals surface area contributed by atoms with E-state index in [0.717, 1.165) is 44.7 Å². The lowest BCUT2D eigenvalue weighted by Crippen LogP contribution is -2.38. The van der Waals surface area contributed by atoms with Crippen LogP contribution in [0.5, 0.6) is 0 Å². The van der Waals surface area contributed by atoms with Crippen molar-refractivity contribution in [1.82, 2.24) is 14.9 Å². The van der Waals surface area contributed by atoms with Crippen LogP contribution in [0, 0.1) is 5.92 Å². The number of carbonyl (C=O) groups excluding carboxylic acids is 1. The van der Waals surface area contributed by atoms with Crippen molar-refractivity contribution >= 4 is 11.7 Å². The van der Waals surface area contributed by atoms with Crippen molar-refractivity contribution in [2.75, 3.05) is 25.0 Å². The second-order valence-corrected chi connectivity index (χ2v) is 7.05. The highest BCUT2D eigenvalue weighted by molar-refractivity contribution is 5.92. The summed E-state index contributed by atoms with van der Waals surface area (Å²) in [5, 5.41) is 3.30. The van der Waals surface area contributed by atoms with Gasteiger partial charge in [-0.1, -0.05) is 18.6 Å². The molecule has 3 rings (SSSR count). The van der Waals surface area contributed by atoms with Crippen LogP contribution in [-0.4, -0.2) is 40.4 Å². The highest BCUT2D eigenvalue weighted by atomic mass is 16.2. The molecule has 5 heteroatoms. The number of hydrogen-bond donors (Lipinski definition) is 1. The van der Waals surface area contributed by atoms with Crippen molar-refractivity contribution in [3.63, 3.8) is 0 Å². The minimum Gasteiger partial charge on any atom is -0.368 e. The normalized spacial score (nSPS) is 19.0. The summed E-state index contributed by atoms with van der Waals surface area (Å²) >= 11 is 0. The second-order valence-electron chi connectivity index (χ2n) is 7.05. The molecule has 1 N–H and O–H groups in total. The molecule has 0 saturated carbocycles. The van der Waals surface area contributed by atoms with E-state index in [1.54, 1.807) is 18.0 Å². The van der Waals surface area contributed by atoms with E-state index in [1.165, 1.54) is 25.7 Å². The van der Waals surface area contributed by atoms with Crippen LogP contribution < -0.4 is 5.32 Å². The largest absolute Gasteiger partial charge is 0.368 e. The van der Waals surface area contributed by atoms with Gasteiger partial charge in [-0.25, -0.2) is 9.97 Å². The minimum absolute atomic E-state index is 0.00770. The Hall–Kier alpha value is -1.91. The van der Waals surface area contributed by atoms with Crippen molar-refractivity contribution in [3.05, 3.63) is 29.7 Å². The second kappa shape index (κ2) is 8.27. The summed E-state index contributed by atoms with van der Waals surface area (Å²) in [6, 6.07) is 0. The molecule has 2 aliphatic rings. The summed E-state index contributed by atoms with van der Waals surface area (Å²) in [7, 11) is 0. The number of nitrogens with one attached hydrogen (secondary N) is 1. The molecule has 0 aromatic carbocycles. The Labute approximate surface area is 144 Å². The van der Waals surface area contributed by atoms with Crippen LogP contribution in [0.2, 0.25) is 0 Å². The minimum atomic E-state index is 0.00770. The topological polar surface area (TPSA) is 58.1 Å². The number of rotatable bonds is 5. The molecule has 0 bridgehead atoms. The molecule has 1 fully saturated rings. The third-order valence-corrected chi connectivity index (χ3v) is 5.08. The maximum atomic E-state index is 12.4. The molecule has 1 aliphatic heterocycles. The summed E-state index contributed by atoms with van der Waals surface area (Å²) in [6.07, 6.45) is 14.0. The average Bonchev–Trinajstić information content (AvgIpc) is 2.63. The van der Waals surface area contributed by atoms with E-state index in [1.807, 2.05) is 4.90 Å². The van der Waals surface area contributed by atoms with Gasteiger partial charge in [-0.2, -0.15) is 0 Å². The van der Waals surface area contributed by atoms with Crippen LogP contribution in [0.25, 0.3) is 0 Å². The van der Waals surface area contributed by atoms with E-state index in [4.69, 9.17) is 0 Å². The molecule has 1 aromatic rings. The Bertz CT molecular complexity index is 574. The predicted octanol–water partition coefficient (Wildman–Crippen LogP) is 3.65. The fourth-order valence-corrected chi connectivity index (χ4v) is 3.39. The monoisotopic (exact) mass is 328 g/mol. The van der Waals surface area contributed by atoms with E-state index in [0.29, 0.717) is 11.6 Å².